The highest BCUT2D eigenvalue weighted by molar-refractivity contribution is 6.31. The summed E-state index contributed by atoms with van der Waals surface area (Å²) in [6, 6.07) is 14.1. The number of nitrogens with zero attached hydrogens (tertiary/aromatic N) is 1. The maximum atomic E-state index is 9.42. The first-order chi connectivity index (χ1) is 15.1. The van der Waals surface area contributed by atoms with Gasteiger partial charge in [0.15, 0.2) is 6.29 Å². The van der Waals surface area contributed by atoms with Crippen LogP contribution in [-0.4, -0.2) is 43.2 Å². The molecule has 31 heavy (non-hydrogen) atoms. The minimum atomic E-state index is -0.153. The van der Waals surface area contributed by atoms with Gasteiger partial charge in [0, 0.05) is 41.3 Å². The van der Waals surface area contributed by atoms with E-state index in [0.717, 1.165) is 42.0 Å². The Hall–Kier alpha value is -2.25. The van der Waals surface area contributed by atoms with Gasteiger partial charge in [-0.15, -0.1) is 0 Å². The van der Waals surface area contributed by atoms with Crippen molar-refractivity contribution in [1.29, 1.82) is 0 Å². The molecule has 2 aromatic carbocycles. The molecule has 0 amide bonds. The molecule has 0 fully saturated rings. The molecule has 0 spiro atoms. The molecule has 1 aliphatic rings. The number of anilines is 2. The number of aliphatic hydroxyl groups is 1. The minimum Gasteiger partial charge on any atom is -0.377 e. The summed E-state index contributed by atoms with van der Waals surface area (Å²) < 4.78 is 0. The maximum absolute atomic E-state index is 9.42. The highest BCUT2D eigenvalue weighted by Gasteiger charge is 2.27. The Labute approximate surface area is 191 Å². The number of benzene rings is 2. The average Bonchev–Trinajstić information content (AvgIpc) is 2.78. The summed E-state index contributed by atoms with van der Waals surface area (Å²) in [7, 11) is 2.07. The van der Waals surface area contributed by atoms with E-state index in [2.05, 4.69) is 53.0 Å². The second kappa shape index (κ2) is 12.6. The van der Waals surface area contributed by atoms with Gasteiger partial charge in [0.1, 0.15) is 6.73 Å². The molecule has 1 unspecified atom stereocenters. The van der Waals surface area contributed by atoms with E-state index in [0.29, 0.717) is 11.6 Å². The van der Waals surface area contributed by atoms with Crippen LogP contribution < -0.4 is 21.7 Å². The van der Waals surface area contributed by atoms with Gasteiger partial charge in [0.05, 0.1) is 0 Å². The summed E-state index contributed by atoms with van der Waals surface area (Å²) in [4.78, 5) is 2.20. The van der Waals surface area contributed by atoms with Crippen molar-refractivity contribution >= 4 is 28.7 Å². The first-order valence-corrected chi connectivity index (χ1v) is 11.3. The average molecular weight is 446 g/mol. The number of rotatable bonds is 8. The monoisotopic (exact) mass is 445 g/mol. The molecule has 6 N–H and O–H groups in total. The van der Waals surface area contributed by atoms with Crippen molar-refractivity contribution in [2.45, 2.75) is 39.9 Å². The lowest BCUT2D eigenvalue weighted by atomic mass is 9.99. The van der Waals surface area contributed by atoms with E-state index in [1.165, 1.54) is 11.1 Å². The van der Waals surface area contributed by atoms with E-state index >= 15 is 0 Å². The fraction of sp³-hybridized carbons (Fsp3) is 0.417. The first-order valence-electron chi connectivity index (χ1n) is 11.0. The standard InChI is InChI=1S/C22H30ClN5O.C2H6/c1-3-16-13-25-22(27-18-6-4-5-15(11-18)9-10-24)28(2)21(16)19-8-7-17(23)12-20(19)26-14-29;1-2/h4-8,11-12,22,25-27,29H,3,9-10,13-14,24H2,1-2H3;1-2H3. The zero-order chi connectivity index (χ0) is 22.8. The summed E-state index contributed by atoms with van der Waals surface area (Å²) in [5.74, 6) is 0. The molecule has 2 aromatic rings. The molecular weight excluding hydrogens is 410 g/mol. The van der Waals surface area contributed by atoms with Crippen LogP contribution in [0.15, 0.2) is 48.0 Å². The lowest BCUT2D eigenvalue weighted by Crippen LogP contribution is -2.52. The number of hydrogen-bond donors (Lipinski definition) is 5. The van der Waals surface area contributed by atoms with E-state index in [1.807, 2.05) is 38.1 Å². The Morgan fingerprint density at radius 3 is 2.68 bits per heavy atom. The molecule has 170 valence electrons. The third-order valence-electron chi connectivity index (χ3n) is 5.18. The Morgan fingerprint density at radius 2 is 2.00 bits per heavy atom. The van der Waals surface area contributed by atoms with Crippen LogP contribution in [0.3, 0.4) is 0 Å². The highest BCUT2D eigenvalue weighted by Crippen LogP contribution is 2.34. The van der Waals surface area contributed by atoms with Gasteiger partial charge in [0.25, 0.3) is 0 Å². The van der Waals surface area contributed by atoms with Crippen LogP contribution in [0.2, 0.25) is 5.02 Å². The largest absolute Gasteiger partial charge is 0.377 e. The van der Waals surface area contributed by atoms with Crippen LogP contribution in [0, 0.1) is 0 Å². The van der Waals surface area contributed by atoms with Gasteiger partial charge in [-0.2, -0.15) is 0 Å². The predicted molar refractivity (Wildman–Crippen MR) is 133 cm³/mol. The Kier molecular flexibility index (Phi) is 10.1. The van der Waals surface area contributed by atoms with Crippen molar-refractivity contribution < 1.29 is 5.11 Å². The second-order valence-electron chi connectivity index (χ2n) is 7.11. The summed E-state index contributed by atoms with van der Waals surface area (Å²) in [5, 5.41) is 20.2. The van der Waals surface area contributed by atoms with Gasteiger partial charge in [-0.1, -0.05) is 44.5 Å². The normalized spacial score (nSPS) is 16.0. The van der Waals surface area contributed by atoms with E-state index in [1.54, 1.807) is 0 Å². The van der Waals surface area contributed by atoms with Crippen LogP contribution in [-0.2, 0) is 6.42 Å². The lowest BCUT2D eigenvalue weighted by molar-refractivity contribution is 0.309. The zero-order valence-electron chi connectivity index (χ0n) is 19.0. The zero-order valence-corrected chi connectivity index (χ0v) is 19.8. The number of hydrogen-bond acceptors (Lipinski definition) is 6. The fourth-order valence-electron chi connectivity index (χ4n) is 3.74. The molecule has 0 aromatic heterocycles. The lowest BCUT2D eigenvalue weighted by Gasteiger charge is -2.40. The second-order valence-corrected chi connectivity index (χ2v) is 7.54. The molecule has 1 aliphatic heterocycles. The molecule has 3 rings (SSSR count). The van der Waals surface area contributed by atoms with Crippen molar-refractivity contribution in [3.63, 3.8) is 0 Å². The molecular formula is C24H36ClN5O. The van der Waals surface area contributed by atoms with Crippen LogP contribution in [0.1, 0.15) is 38.3 Å². The SMILES string of the molecule is CC.CCC1=C(c2ccc(Cl)cc2NCO)N(C)C(Nc2cccc(CCN)c2)NC1. The number of halogens is 1. The molecule has 0 saturated carbocycles. The highest BCUT2D eigenvalue weighted by atomic mass is 35.5. The quantitative estimate of drug-likeness (QED) is 0.390. The maximum Gasteiger partial charge on any atom is 0.155 e. The van der Waals surface area contributed by atoms with Gasteiger partial charge in [0.2, 0.25) is 0 Å². The number of nitrogens with one attached hydrogen (secondary N) is 3. The van der Waals surface area contributed by atoms with E-state index in [-0.39, 0.29) is 13.0 Å². The van der Waals surface area contributed by atoms with Crippen LogP contribution >= 0.6 is 11.6 Å². The molecule has 0 saturated heterocycles. The van der Waals surface area contributed by atoms with Crippen molar-refractivity contribution in [3.8, 4) is 0 Å². The Balaban J connectivity index is 0.00000166. The van der Waals surface area contributed by atoms with Gasteiger partial charge >= 0.3 is 0 Å². The molecule has 0 bridgehead atoms. The summed E-state index contributed by atoms with van der Waals surface area (Å²) in [6.45, 7) is 7.41. The smallest absolute Gasteiger partial charge is 0.155 e. The molecule has 0 aliphatic carbocycles. The Bertz CT molecular complexity index is 871. The van der Waals surface area contributed by atoms with E-state index < -0.39 is 0 Å². The van der Waals surface area contributed by atoms with Gasteiger partial charge in [-0.05, 0) is 60.9 Å². The third kappa shape index (κ3) is 6.37. The van der Waals surface area contributed by atoms with E-state index in [4.69, 9.17) is 17.3 Å². The predicted octanol–water partition coefficient (Wildman–Crippen LogP) is 4.28. The first kappa shape index (κ1) is 25.0. The number of aliphatic hydroxyl groups excluding tert-OH is 1. The number of nitrogens with two attached hydrogens (primary N) is 1. The van der Waals surface area contributed by atoms with Crippen LogP contribution in [0.5, 0.6) is 0 Å². The van der Waals surface area contributed by atoms with Crippen molar-refractivity contribution in [1.82, 2.24) is 10.2 Å². The van der Waals surface area contributed by atoms with Crippen LogP contribution in [0.4, 0.5) is 11.4 Å². The third-order valence-corrected chi connectivity index (χ3v) is 5.42. The van der Waals surface area contributed by atoms with E-state index in [9.17, 15) is 5.11 Å². The molecule has 7 heteroatoms. The molecule has 6 nitrogen and oxygen atoms in total. The van der Waals surface area contributed by atoms with Crippen LogP contribution in [0.25, 0.3) is 5.70 Å². The summed E-state index contributed by atoms with van der Waals surface area (Å²) in [6.07, 6.45) is 1.70. The van der Waals surface area contributed by atoms with Gasteiger partial charge in [-0.25, -0.2) is 0 Å². The minimum absolute atomic E-state index is 0.0777. The topological polar surface area (TPSA) is 85.6 Å². The van der Waals surface area contributed by atoms with Crippen molar-refractivity contribution in [3.05, 3.63) is 64.2 Å². The van der Waals surface area contributed by atoms with Crippen molar-refractivity contribution in [2.24, 2.45) is 5.73 Å². The summed E-state index contributed by atoms with van der Waals surface area (Å²) >= 11 is 6.19. The molecule has 1 atom stereocenters. The van der Waals surface area contributed by atoms with Gasteiger partial charge < -0.3 is 26.4 Å². The van der Waals surface area contributed by atoms with Crippen molar-refractivity contribution in [2.75, 3.05) is 37.5 Å². The summed E-state index contributed by atoms with van der Waals surface area (Å²) in [5.41, 5.74) is 12.2. The molecule has 1 heterocycles. The Morgan fingerprint density at radius 1 is 1.23 bits per heavy atom. The molecule has 0 radical (unpaired) electrons. The fourth-order valence-corrected chi connectivity index (χ4v) is 3.91. The van der Waals surface area contributed by atoms with Gasteiger partial charge in [-0.3, -0.25) is 5.32 Å².